The van der Waals surface area contributed by atoms with Crippen LogP contribution in [0.15, 0.2) is 36.5 Å². The number of hydrogen-bond donors (Lipinski definition) is 1. The highest BCUT2D eigenvalue weighted by atomic mass is 16.5. The Morgan fingerprint density at radius 1 is 1.32 bits per heavy atom. The highest BCUT2D eigenvalue weighted by molar-refractivity contribution is 6.00. The first-order valence-electron chi connectivity index (χ1n) is 8.40. The average molecular weight is 344 g/mol. The van der Waals surface area contributed by atoms with Gasteiger partial charge in [0.05, 0.1) is 37.1 Å². The first kappa shape index (κ1) is 17.4. The molecule has 7 heteroatoms. The molecule has 0 radical (unpaired) electrons. The van der Waals surface area contributed by atoms with E-state index >= 15 is 0 Å². The van der Waals surface area contributed by atoms with Crippen molar-refractivity contribution in [1.29, 1.82) is 0 Å². The van der Waals surface area contributed by atoms with Crippen molar-refractivity contribution in [2.45, 2.75) is 6.04 Å². The van der Waals surface area contributed by atoms with Gasteiger partial charge in [0.2, 0.25) is 0 Å². The number of nitrogens with zero attached hydrogens (tertiary/aromatic N) is 3. The molecule has 1 N–H and O–H groups in total. The number of rotatable bonds is 6. The zero-order valence-electron chi connectivity index (χ0n) is 14.6. The van der Waals surface area contributed by atoms with Crippen molar-refractivity contribution in [2.24, 2.45) is 7.05 Å². The van der Waals surface area contributed by atoms with E-state index in [9.17, 15) is 4.79 Å². The molecule has 134 valence electrons. The summed E-state index contributed by atoms with van der Waals surface area (Å²) < 4.78 is 12.4. The molecule has 0 aliphatic carbocycles. The van der Waals surface area contributed by atoms with Gasteiger partial charge in [0.15, 0.2) is 0 Å². The van der Waals surface area contributed by atoms with Crippen LogP contribution in [0.25, 0.3) is 0 Å². The quantitative estimate of drug-likeness (QED) is 0.857. The van der Waals surface area contributed by atoms with Crippen LogP contribution in [-0.2, 0) is 16.5 Å². The summed E-state index contributed by atoms with van der Waals surface area (Å²) in [5.74, 6) is -0.120. The van der Waals surface area contributed by atoms with E-state index in [1.54, 1.807) is 18.0 Å². The molecule has 25 heavy (non-hydrogen) atoms. The van der Waals surface area contributed by atoms with Crippen molar-refractivity contribution in [3.05, 3.63) is 47.8 Å². The minimum Gasteiger partial charge on any atom is -0.382 e. The van der Waals surface area contributed by atoms with Gasteiger partial charge >= 0.3 is 0 Å². The molecule has 7 nitrogen and oxygen atoms in total. The van der Waals surface area contributed by atoms with Crippen molar-refractivity contribution in [3.8, 4) is 0 Å². The van der Waals surface area contributed by atoms with Crippen LogP contribution in [0, 0.1) is 0 Å². The van der Waals surface area contributed by atoms with Gasteiger partial charge in [-0.1, -0.05) is 12.1 Å². The zero-order chi connectivity index (χ0) is 17.6. The summed E-state index contributed by atoms with van der Waals surface area (Å²) in [6.45, 7) is 3.31. The third-order valence-corrected chi connectivity index (χ3v) is 4.35. The lowest BCUT2D eigenvalue weighted by Crippen LogP contribution is -2.38. The van der Waals surface area contributed by atoms with Crippen LogP contribution in [0.2, 0.25) is 0 Å². The first-order chi connectivity index (χ1) is 12.2. The van der Waals surface area contributed by atoms with Crippen LogP contribution in [0.3, 0.4) is 0 Å². The van der Waals surface area contributed by atoms with Crippen LogP contribution in [0.5, 0.6) is 0 Å². The summed E-state index contributed by atoms with van der Waals surface area (Å²) in [5.41, 5.74) is 2.50. The first-order valence-corrected chi connectivity index (χ1v) is 8.40. The molecule has 1 amide bonds. The van der Waals surface area contributed by atoms with Gasteiger partial charge in [-0.25, -0.2) is 0 Å². The standard InChI is InChI=1S/C18H24N4O3/c1-21-17(7-8-19-21)15(13-24-2)20-18(23)14-5-3-4-6-16(14)22-9-11-25-12-10-22/h3-8,15H,9-13H2,1-2H3,(H,20,23). The smallest absolute Gasteiger partial charge is 0.254 e. The molecular formula is C18H24N4O3. The van der Waals surface area contributed by atoms with Crippen LogP contribution in [0.1, 0.15) is 22.1 Å². The van der Waals surface area contributed by atoms with Gasteiger partial charge in [-0.3, -0.25) is 9.48 Å². The van der Waals surface area contributed by atoms with Gasteiger partial charge in [-0.2, -0.15) is 5.10 Å². The predicted octanol–water partition coefficient (Wildman–Crippen LogP) is 1.37. The number of methoxy groups -OCH3 is 1. The summed E-state index contributed by atoms with van der Waals surface area (Å²) in [7, 11) is 3.48. The van der Waals surface area contributed by atoms with E-state index in [1.807, 2.05) is 37.4 Å². The molecule has 1 aromatic heterocycles. The number of amides is 1. The maximum Gasteiger partial charge on any atom is 0.254 e. The highest BCUT2D eigenvalue weighted by Crippen LogP contribution is 2.22. The zero-order valence-corrected chi connectivity index (χ0v) is 14.6. The molecule has 3 rings (SSSR count). The Labute approximate surface area is 147 Å². The minimum absolute atomic E-state index is 0.120. The molecule has 1 saturated heterocycles. The van der Waals surface area contributed by atoms with Gasteiger partial charge in [0, 0.05) is 39.1 Å². The summed E-state index contributed by atoms with van der Waals surface area (Å²) in [6.07, 6.45) is 1.71. The Balaban J connectivity index is 1.81. The molecule has 1 fully saturated rings. The number of para-hydroxylation sites is 1. The SMILES string of the molecule is COCC(NC(=O)c1ccccc1N1CCOCC1)c1ccnn1C. The van der Waals surface area contributed by atoms with E-state index in [2.05, 4.69) is 15.3 Å². The van der Waals surface area contributed by atoms with Crippen LogP contribution < -0.4 is 10.2 Å². The Bertz CT molecular complexity index is 710. The van der Waals surface area contributed by atoms with E-state index in [0.717, 1.165) is 24.5 Å². The molecule has 1 aromatic carbocycles. The van der Waals surface area contributed by atoms with Crippen LogP contribution in [-0.4, -0.2) is 55.7 Å². The number of anilines is 1. The Morgan fingerprint density at radius 3 is 2.76 bits per heavy atom. The monoisotopic (exact) mass is 344 g/mol. The third-order valence-electron chi connectivity index (χ3n) is 4.35. The van der Waals surface area contributed by atoms with E-state index in [0.29, 0.717) is 25.4 Å². The van der Waals surface area contributed by atoms with E-state index < -0.39 is 0 Å². The largest absolute Gasteiger partial charge is 0.382 e. The number of nitrogens with one attached hydrogen (secondary N) is 1. The summed E-state index contributed by atoms with van der Waals surface area (Å²) in [6, 6.07) is 9.30. The number of carbonyl (C=O) groups excluding carboxylic acids is 1. The van der Waals surface area contributed by atoms with Crippen molar-refractivity contribution >= 4 is 11.6 Å². The Morgan fingerprint density at radius 2 is 2.08 bits per heavy atom. The summed E-state index contributed by atoms with van der Waals surface area (Å²) in [4.78, 5) is 15.1. The third kappa shape index (κ3) is 4.00. The van der Waals surface area contributed by atoms with E-state index in [4.69, 9.17) is 9.47 Å². The molecule has 0 spiro atoms. The fraction of sp³-hybridized carbons (Fsp3) is 0.444. The molecule has 1 unspecified atom stereocenters. The fourth-order valence-corrected chi connectivity index (χ4v) is 3.08. The van der Waals surface area contributed by atoms with Crippen molar-refractivity contribution < 1.29 is 14.3 Å². The lowest BCUT2D eigenvalue weighted by atomic mass is 10.1. The van der Waals surface area contributed by atoms with E-state index in [1.165, 1.54) is 0 Å². The molecule has 0 bridgehead atoms. The second kappa shape index (κ2) is 8.13. The Hall–Kier alpha value is -2.38. The lowest BCUT2D eigenvalue weighted by molar-refractivity contribution is 0.0891. The number of hydrogen-bond acceptors (Lipinski definition) is 5. The van der Waals surface area contributed by atoms with Crippen LogP contribution in [0.4, 0.5) is 5.69 Å². The maximum absolute atomic E-state index is 12.9. The number of aryl methyl sites for hydroxylation is 1. The normalized spacial score (nSPS) is 15.8. The van der Waals surface area contributed by atoms with Gasteiger partial charge < -0.3 is 19.7 Å². The van der Waals surface area contributed by atoms with Gasteiger partial charge in [-0.05, 0) is 18.2 Å². The van der Waals surface area contributed by atoms with Crippen molar-refractivity contribution in [1.82, 2.24) is 15.1 Å². The van der Waals surface area contributed by atoms with Gasteiger partial charge in [0.25, 0.3) is 5.91 Å². The molecular weight excluding hydrogens is 320 g/mol. The maximum atomic E-state index is 12.9. The number of carbonyl (C=O) groups is 1. The minimum atomic E-state index is -0.261. The number of benzene rings is 1. The molecule has 1 aliphatic rings. The molecule has 1 atom stereocenters. The fourth-order valence-electron chi connectivity index (χ4n) is 3.08. The average Bonchev–Trinajstić information content (AvgIpc) is 3.08. The second-order valence-corrected chi connectivity index (χ2v) is 5.98. The van der Waals surface area contributed by atoms with Crippen molar-refractivity contribution in [2.75, 3.05) is 44.9 Å². The van der Waals surface area contributed by atoms with Crippen LogP contribution >= 0.6 is 0 Å². The highest BCUT2D eigenvalue weighted by Gasteiger charge is 2.22. The summed E-state index contributed by atoms with van der Waals surface area (Å²) in [5, 5.41) is 7.25. The number of ether oxygens (including phenoxy) is 2. The molecule has 2 aromatic rings. The van der Waals surface area contributed by atoms with Gasteiger partial charge in [0.1, 0.15) is 0 Å². The topological polar surface area (TPSA) is 68.6 Å². The molecule has 1 aliphatic heterocycles. The lowest BCUT2D eigenvalue weighted by Gasteiger charge is -2.30. The van der Waals surface area contributed by atoms with E-state index in [-0.39, 0.29) is 11.9 Å². The number of aromatic nitrogens is 2. The molecule has 0 saturated carbocycles. The van der Waals surface area contributed by atoms with Crippen molar-refractivity contribution in [3.63, 3.8) is 0 Å². The number of morpholine rings is 1. The molecule has 2 heterocycles. The Kier molecular flexibility index (Phi) is 5.67. The van der Waals surface area contributed by atoms with Gasteiger partial charge in [-0.15, -0.1) is 0 Å². The second-order valence-electron chi connectivity index (χ2n) is 5.98. The summed E-state index contributed by atoms with van der Waals surface area (Å²) >= 11 is 0. The predicted molar refractivity (Wildman–Crippen MR) is 94.8 cm³/mol.